The maximum atomic E-state index is 5.74. The molecule has 0 aliphatic rings. The van der Waals surface area contributed by atoms with Crippen molar-refractivity contribution in [1.29, 1.82) is 0 Å². The Morgan fingerprint density at radius 1 is 1.62 bits per heavy atom. The van der Waals surface area contributed by atoms with E-state index in [1.165, 1.54) is 0 Å². The number of hydrogen-bond donors (Lipinski definition) is 1. The van der Waals surface area contributed by atoms with Gasteiger partial charge in [-0.1, -0.05) is 24.6 Å². The average Bonchev–Trinajstić information content (AvgIpc) is 2.14. The molecular weight excluding hydrogens is 204 g/mol. The van der Waals surface area contributed by atoms with Crippen molar-refractivity contribution in [1.82, 2.24) is 4.98 Å². The van der Waals surface area contributed by atoms with Gasteiger partial charge in [0.25, 0.3) is 0 Å². The SMILES string of the molecule is CSC(C)CNc1cccc(Cl)n1. The summed E-state index contributed by atoms with van der Waals surface area (Å²) >= 11 is 7.56. The van der Waals surface area contributed by atoms with E-state index in [9.17, 15) is 0 Å². The first kappa shape index (κ1) is 10.7. The normalized spacial score (nSPS) is 12.5. The van der Waals surface area contributed by atoms with Gasteiger partial charge >= 0.3 is 0 Å². The van der Waals surface area contributed by atoms with E-state index >= 15 is 0 Å². The summed E-state index contributed by atoms with van der Waals surface area (Å²) in [5.74, 6) is 0.841. The molecule has 0 bridgehead atoms. The molecule has 2 nitrogen and oxygen atoms in total. The second kappa shape index (κ2) is 5.35. The fraction of sp³-hybridized carbons (Fsp3) is 0.444. The predicted molar refractivity (Wildman–Crippen MR) is 60.7 cm³/mol. The van der Waals surface area contributed by atoms with Gasteiger partial charge in [-0.05, 0) is 18.4 Å². The number of nitrogens with zero attached hydrogens (tertiary/aromatic N) is 1. The average molecular weight is 217 g/mol. The summed E-state index contributed by atoms with van der Waals surface area (Å²) < 4.78 is 0. The summed E-state index contributed by atoms with van der Waals surface area (Å²) in [5, 5.41) is 4.33. The fourth-order valence-corrected chi connectivity index (χ4v) is 1.25. The van der Waals surface area contributed by atoms with E-state index in [0.29, 0.717) is 10.4 Å². The number of rotatable bonds is 4. The van der Waals surface area contributed by atoms with E-state index in [4.69, 9.17) is 11.6 Å². The Morgan fingerprint density at radius 2 is 2.38 bits per heavy atom. The minimum atomic E-state index is 0.529. The third-order valence-electron chi connectivity index (χ3n) is 1.69. The molecule has 1 unspecified atom stereocenters. The van der Waals surface area contributed by atoms with Crippen molar-refractivity contribution in [3.05, 3.63) is 23.4 Å². The molecule has 13 heavy (non-hydrogen) atoms. The van der Waals surface area contributed by atoms with Gasteiger partial charge in [-0.3, -0.25) is 0 Å². The van der Waals surface area contributed by atoms with Gasteiger partial charge in [0.05, 0.1) is 0 Å². The lowest BCUT2D eigenvalue weighted by Crippen LogP contribution is -2.13. The van der Waals surface area contributed by atoms with E-state index in [2.05, 4.69) is 23.5 Å². The largest absolute Gasteiger partial charge is 0.369 e. The predicted octanol–water partition coefficient (Wildman–Crippen LogP) is 2.90. The molecule has 1 rings (SSSR count). The van der Waals surface area contributed by atoms with E-state index in [1.54, 1.807) is 6.07 Å². The van der Waals surface area contributed by atoms with Crippen molar-refractivity contribution in [2.75, 3.05) is 18.1 Å². The van der Waals surface area contributed by atoms with Crippen LogP contribution in [-0.2, 0) is 0 Å². The summed E-state index contributed by atoms with van der Waals surface area (Å²) in [6.45, 7) is 3.08. The van der Waals surface area contributed by atoms with Crippen LogP contribution in [0.5, 0.6) is 0 Å². The van der Waals surface area contributed by atoms with Gasteiger partial charge in [0.1, 0.15) is 11.0 Å². The number of hydrogen-bond acceptors (Lipinski definition) is 3. The second-order valence-corrected chi connectivity index (χ2v) is 4.44. The molecule has 1 aromatic heterocycles. The maximum absolute atomic E-state index is 5.74. The maximum Gasteiger partial charge on any atom is 0.131 e. The van der Waals surface area contributed by atoms with Gasteiger partial charge < -0.3 is 5.32 Å². The third-order valence-corrected chi connectivity index (χ3v) is 2.87. The van der Waals surface area contributed by atoms with E-state index < -0.39 is 0 Å². The summed E-state index contributed by atoms with van der Waals surface area (Å²) in [5.41, 5.74) is 0. The van der Waals surface area contributed by atoms with Crippen LogP contribution in [0.1, 0.15) is 6.92 Å². The van der Waals surface area contributed by atoms with Crippen LogP contribution in [0.15, 0.2) is 18.2 Å². The highest BCUT2D eigenvalue weighted by atomic mass is 35.5. The molecule has 0 fully saturated rings. The van der Waals surface area contributed by atoms with Crippen LogP contribution >= 0.6 is 23.4 Å². The molecule has 4 heteroatoms. The molecule has 1 atom stereocenters. The number of thioether (sulfide) groups is 1. The van der Waals surface area contributed by atoms with E-state index in [0.717, 1.165) is 12.4 Å². The molecular formula is C9H13ClN2S. The van der Waals surface area contributed by atoms with Gasteiger partial charge in [0.15, 0.2) is 0 Å². The molecule has 1 N–H and O–H groups in total. The van der Waals surface area contributed by atoms with Crippen molar-refractivity contribution in [2.45, 2.75) is 12.2 Å². The minimum Gasteiger partial charge on any atom is -0.369 e. The van der Waals surface area contributed by atoms with Crippen LogP contribution in [0, 0.1) is 0 Å². The topological polar surface area (TPSA) is 24.9 Å². The van der Waals surface area contributed by atoms with Gasteiger partial charge in [-0.2, -0.15) is 11.8 Å². The molecule has 0 aromatic carbocycles. The number of pyridine rings is 1. The molecule has 72 valence electrons. The van der Waals surface area contributed by atoms with E-state index in [1.807, 2.05) is 23.9 Å². The zero-order chi connectivity index (χ0) is 9.68. The Morgan fingerprint density at radius 3 is 3.00 bits per heavy atom. The number of nitrogens with one attached hydrogen (secondary N) is 1. The zero-order valence-electron chi connectivity index (χ0n) is 7.75. The number of anilines is 1. The summed E-state index contributed by atoms with van der Waals surface area (Å²) in [7, 11) is 0. The van der Waals surface area contributed by atoms with Gasteiger partial charge in [0.2, 0.25) is 0 Å². The lowest BCUT2D eigenvalue weighted by atomic mass is 10.4. The smallest absolute Gasteiger partial charge is 0.131 e. The monoisotopic (exact) mass is 216 g/mol. The quantitative estimate of drug-likeness (QED) is 0.784. The zero-order valence-corrected chi connectivity index (χ0v) is 9.32. The highest BCUT2D eigenvalue weighted by molar-refractivity contribution is 7.99. The first-order chi connectivity index (χ1) is 6.22. The van der Waals surface area contributed by atoms with Gasteiger partial charge in [-0.15, -0.1) is 0 Å². The van der Waals surface area contributed by atoms with Crippen molar-refractivity contribution in [2.24, 2.45) is 0 Å². The third kappa shape index (κ3) is 3.87. The minimum absolute atomic E-state index is 0.529. The van der Waals surface area contributed by atoms with Gasteiger partial charge in [0, 0.05) is 11.8 Å². The Labute approximate surface area is 88.1 Å². The molecule has 1 aromatic rings. The molecule has 0 saturated heterocycles. The van der Waals surface area contributed by atoms with Crippen LogP contribution in [0.4, 0.5) is 5.82 Å². The van der Waals surface area contributed by atoms with Crippen LogP contribution in [-0.4, -0.2) is 23.0 Å². The lowest BCUT2D eigenvalue weighted by Gasteiger charge is -2.09. The highest BCUT2D eigenvalue weighted by Gasteiger charge is 1.99. The summed E-state index contributed by atoms with van der Waals surface area (Å²) in [4.78, 5) is 4.12. The fourth-order valence-electron chi connectivity index (χ4n) is 0.838. The number of halogens is 1. The van der Waals surface area contributed by atoms with Crippen LogP contribution in [0.3, 0.4) is 0 Å². The van der Waals surface area contributed by atoms with Crippen molar-refractivity contribution >= 4 is 29.2 Å². The molecule has 0 aliphatic heterocycles. The Hall–Kier alpha value is -0.410. The Balaban J connectivity index is 2.45. The molecule has 1 heterocycles. The first-order valence-corrected chi connectivity index (χ1v) is 5.78. The van der Waals surface area contributed by atoms with Crippen LogP contribution in [0.2, 0.25) is 5.15 Å². The number of aromatic nitrogens is 1. The molecule has 0 amide bonds. The molecule has 0 saturated carbocycles. The Bertz CT molecular complexity index is 268. The van der Waals surface area contributed by atoms with Crippen molar-refractivity contribution in [3.8, 4) is 0 Å². The molecule has 0 aliphatic carbocycles. The van der Waals surface area contributed by atoms with Gasteiger partial charge in [-0.25, -0.2) is 4.98 Å². The molecule has 0 radical (unpaired) electrons. The van der Waals surface area contributed by atoms with Crippen LogP contribution in [0.25, 0.3) is 0 Å². The van der Waals surface area contributed by atoms with E-state index in [-0.39, 0.29) is 0 Å². The second-order valence-electron chi connectivity index (χ2n) is 2.77. The summed E-state index contributed by atoms with van der Waals surface area (Å²) in [6, 6.07) is 5.57. The molecule has 0 spiro atoms. The standard InChI is InChI=1S/C9H13ClN2S/c1-7(13-2)6-11-9-5-3-4-8(10)12-9/h3-5,7H,6H2,1-2H3,(H,11,12). The first-order valence-electron chi connectivity index (χ1n) is 4.11. The Kier molecular flexibility index (Phi) is 4.39. The lowest BCUT2D eigenvalue weighted by molar-refractivity contribution is 0.992. The highest BCUT2D eigenvalue weighted by Crippen LogP contribution is 2.11. The van der Waals surface area contributed by atoms with Crippen molar-refractivity contribution < 1.29 is 0 Å². The van der Waals surface area contributed by atoms with Crippen LogP contribution < -0.4 is 5.32 Å². The van der Waals surface area contributed by atoms with Crippen molar-refractivity contribution in [3.63, 3.8) is 0 Å². The summed E-state index contributed by atoms with van der Waals surface area (Å²) in [6.07, 6.45) is 2.09.